The summed E-state index contributed by atoms with van der Waals surface area (Å²) in [6, 6.07) is 6.64. The Labute approximate surface area is 117 Å². The van der Waals surface area contributed by atoms with Gasteiger partial charge in [-0.1, -0.05) is 0 Å². The first-order chi connectivity index (χ1) is 9.63. The molecule has 0 radical (unpaired) electrons. The number of nitrogens with one attached hydrogen (secondary N) is 1. The van der Waals surface area contributed by atoms with Crippen molar-refractivity contribution in [1.29, 1.82) is 5.26 Å². The van der Waals surface area contributed by atoms with Crippen LogP contribution in [0.25, 0.3) is 0 Å². The van der Waals surface area contributed by atoms with Crippen LogP contribution >= 0.6 is 0 Å². The first-order valence-corrected chi connectivity index (χ1v) is 6.62. The normalized spacial score (nSPS) is 22.0. The van der Waals surface area contributed by atoms with E-state index >= 15 is 0 Å². The lowest BCUT2D eigenvalue weighted by atomic mass is 9.92. The molecule has 1 aromatic carbocycles. The average Bonchev–Trinajstić information content (AvgIpc) is 2.48. The van der Waals surface area contributed by atoms with Crippen LogP contribution in [0.3, 0.4) is 0 Å². The molecule has 20 heavy (non-hydrogen) atoms. The Balaban J connectivity index is 2.06. The number of hydrogen-bond acceptors (Lipinski definition) is 5. The highest BCUT2D eigenvalue weighted by atomic mass is 16.6. The van der Waals surface area contributed by atoms with E-state index in [4.69, 9.17) is 10.00 Å². The Kier molecular flexibility index (Phi) is 4.53. The second-order valence-corrected chi connectivity index (χ2v) is 4.95. The van der Waals surface area contributed by atoms with E-state index in [1.807, 2.05) is 6.07 Å². The smallest absolute Gasteiger partial charge is 0.270 e. The van der Waals surface area contributed by atoms with Crippen LogP contribution in [0.4, 0.5) is 11.4 Å². The molecule has 6 nitrogen and oxygen atoms in total. The number of ether oxygens (including phenoxy) is 1. The highest BCUT2D eigenvalue weighted by Gasteiger charge is 2.21. The quantitative estimate of drug-likeness (QED) is 0.674. The number of hydrogen-bond donors (Lipinski definition) is 1. The van der Waals surface area contributed by atoms with Crippen molar-refractivity contribution in [1.82, 2.24) is 0 Å². The van der Waals surface area contributed by atoms with Crippen LogP contribution in [-0.4, -0.2) is 24.2 Å². The number of rotatable bonds is 4. The van der Waals surface area contributed by atoms with Gasteiger partial charge in [0.25, 0.3) is 5.69 Å². The molecule has 0 aliphatic heterocycles. The summed E-state index contributed by atoms with van der Waals surface area (Å²) in [5.74, 6) is 0. The van der Waals surface area contributed by atoms with Crippen molar-refractivity contribution in [3.8, 4) is 6.07 Å². The van der Waals surface area contributed by atoms with E-state index in [1.165, 1.54) is 12.1 Å². The summed E-state index contributed by atoms with van der Waals surface area (Å²) < 4.78 is 5.32. The van der Waals surface area contributed by atoms with Crippen LogP contribution in [0.2, 0.25) is 0 Å². The molecule has 1 aliphatic carbocycles. The number of nitro groups is 1. The lowest BCUT2D eigenvalue weighted by Gasteiger charge is -2.29. The van der Waals surface area contributed by atoms with Gasteiger partial charge in [0.05, 0.1) is 22.3 Å². The molecule has 1 N–H and O–H groups in total. The molecule has 0 bridgehead atoms. The number of benzene rings is 1. The molecule has 1 aliphatic rings. The minimum atomic E-state index is -0.492. The van der Waals surface area contributed by atoms with Gasteiger partial charge in [-0.2, -0.15) is 5.26 Å². The first-order valence-electron chi connectivity index (χ1n) is 6.62. The second-order valence-electron chi connectivity index (χ2n) is 4.95. The molecule has 1 aromatic rings. The Morgan fingerprint density at radius 2 is 2.10 bits per heavy atom. The van der Waals surface area contributed by atoms with Gasteiger partial charge in [0.2, 0.25) is 0 Å². The molecule has 0 heterocycles. The minimum Gasteiger partial charge on any atom is -0.381 e. The van der Waals surface area contributed by atoms with Gasteiger partial charge in [-0.3, -0.25) is 10.1 Å². The van der Waals surface area contributed by atoms with Gasteiger partial charge in [0.1, 0.15) is 6.07 Å². The second kappa shape index (κ2) is 6.35. The summed E-state index contributed by atoms with van der Waals surface area (Å²) in [4.78, 5) is 10.2. The summed E-state index contributed by atoms with van der Waals surface area (Å²) in [5.41, 5.74) is 0.919. The molecule has 0 spiro atoms. The van der Waals surface area contributed by atoms with Crippen LogP contribution in [-0.2, 0) is 4.74 Å². The van der Waals surface area contributed by atoms with E-state index < -0.39 is 4.92 Å². The molecule has 106 valence electrons. The van der Waals surface area contributed by atoms with E-state index in [9.17, 15) is 10.1 Å². The molecule has 1 saturated carbocycles. The summed E-state index contributed by atoms with van der Waals surface area (Å²) in [5, 5.41) is 23.1. The molecule has 2 rings (SSSR count). The summed E-state index contributed by atoms with van der Waals surface area (Å²) in [6.45, 7) is 0. The van der Waals surface area contributed by atoms with E-state index in [0.717, 1.165) is 25.7 Å². The van der Waals surface area contributed by atoms with Crippen molar-refractivity contribution >= 4 is 11.4 Å². The summed E-state index contributed by atoms with van der Waals surface area (Å²) in [6.07, 6.45) is 4.24. The van der Waals surface area contributed by atoms with Crippen LogP contribution in [0.5, 0.6) is 0 Å². The molecule has 0 atom stereocenters. The maximum Gasteiger partial charge on any atom is 0.270 e. The Hall–Kier alpha value is -2.13. The number of nitrogens with zero attached hydrogens (tertiary/aromatic N) is 2. The fraction of sp³-hybridized carbons (Fsp3) is 0.500. The highest BCUT2D eigenvalue weighted by molar-refractivity contribution is 5.61. The lowest BCUT2D eigenvalue weighted by molar-refractivity contribution is -0.384. The molecular weight excluding hydrogens is 258 g/mol. The van der Waals surface area contributed by atoms with Crippen LogP contribution in [0, 0.1) is 21.4 Å². The molecule has 0 aromatic heterocycles. The average molecular weight is 275 g/mol. The van der Waals surface area contributed by atoms with Crippen LogP contribution in [0.15, 0.2) is 18.2 Å². The highest BCUT2D eigenvalue weighted by Crippen LogP contribution is 2.27. The number of non-ortho nitro benzene ring substituents is 1. The third-order valence-corrected chi connectivity index (χ3v) is 3.70. The van der Waals surface area contributed by atoms with Crippen LogP contribution < -0.4 is 5.32 Å². The summed E-state index contributed by atoms with van der Waals surface area (Å²) in [7, 11) is 1.72. The third kappa shape index (κ3) is 3.25. The fourth-order valence-corrected chi connectivity index (χ4v) is 2.53. The maximum atomic E-state index is 10.7. The van der Waals surface area contributed by atoms with Gasteiger partial charge >= 0.3 is 0 Å². The van der Waals surface area contributed by atoms with E-state index in [2.05, 4.69) is 5.32 Å². The standard InChI is InChI=1S/C14H17N3O3/c1-20-13-5-2-11(3-6-13)16-14-7-4-12(17(18)19)8-10(14)9-15/h4,7-8,11,13,16H,2-3,5-6H2,1H3. The van der Waals surface area contributed by atoms with E-state index in [1.54, 1.807) is 13.2 Å². The number of anilines is 1. The zero-order valence-electron chi connectivity index (χ0n) is 11.3. The van der Waals surface area contributed by atoms with Crippen molar-refractivity contribution in [2.45, 2.75) is 37.8 Å². The van der Waals surface area contributed by atoms with Gasteiger partial charge in [-0.05, 0) is 31.7 Å². The number of nitro benzene ring substituents is 1. The van der Waals surface area contributed by atoms with Gasteiger partial charge in [0.15, 0.2) is 0 Å². The summed E-state index contributed by atoms with van der Waals surface area (Å²) >= 11 is 0. The van der Waals surface area contributed by atoms with Gasteiger partial charge in [-0.25, -0.2) is 0 Å². The molecule has 0 unspecified atom stereocenters. The van der Waals surface area contributed by atoms with Gasteiger partial charge in [-0.15, -0.1) is 0 Å². The van der Waals surface area contributed by atoms with E-state index in [-0.39, 0.29) is 11.7 Å². The largest absolute Gasteiger partial charge is 0.381 e. The Bertz CT molecular complexity index is 531. The Morgan fingerprint density at radius 3 is 2.65 bits per heavy atom. The van der Waals surface area contributed by atoms with Crippen molar-refractivity contribution in [3.05, 3.63) is 33.9 Å². The zero-order chi connectivity index (χ0) is 14.5. The molecule has 1 fully saturated rings. The van der Waals surface area contributed by atoms with Crippen molar-refractivity contribution in [3.63, 3.8) is 0 Å². The van der Waals surface area contributed by atoms with Gasteiger partial charge in [0, 0.05) is 25.3 Å². The lowest BCUT2D eigenvalue weighted by Crippen LogP contribution is -2.29. The molecule has 6 heteroatoms. The molecule has 0 saturated heterocycles. The topological polar surface area (TPSA) is 88.2 Å². The number of nitriles is 1. The van der Waals surface area contributed by atoms with Crippen LogP contribution in [0.1, 0.15) is 31.2 Å². The SMILES string of the molecule is COC1CCC(Nc2ccc([N+](=O)[O-])cc2C#N)CC1. The minimum absolute atomic E-state index is 0.0600. The fourth-order valence-electron chi connectivity index (χ4n) is 2.53. The maximum absolute atomic E-state index is 10.7. The van der Waals surface area contributed by atoms with E-state index in [0.29, 0.717) is 17.4 Å². The van der Waals surface area contributed by atoms with Crippen molar-refractivity contribution in [2.24, 2.45) is 0 Å². The van der Waals surface area contributed by atoms with Gasteiger partial charge < -0.3 is 10.1 Å². The predicted octanol–water partition coefficient (Wildman–Crippen LogP) is 2.84. The monoisotopic (exact) mass is 275 g/mol. The van der Waals surface area contributed by atoms with Crippen molar-refractivity contribution in [2.75, 3.05) is 12.4 Å². The third-order valence-electron chi connectivity index (χ3n) is 3.70. The molecule has 0 amide bonds. The first kappa shape index (κ1) is 14.3. The van der Waals surface area contributed by atoms with Crippen molar-refractivity contribution < 1.29 is 9.66 Å². The Morgan fingerprint density at radius 1 is 1.40 bits per heavy atom. The predicted molar refractivity (Wildman–Crippen MR) is 74.5 cm³/mol. The number of methoxy groups -OCH3 is 1. The zero-order valence-corrected chi connectivity index (χ0v) is 11.3. The molecular formula is C14H17N3O3.